The molecule has 2 rings (SSSR count). The van der Waals surface area contributed by atoms with Crippen molar-refractivity contribution in [3.8, 4) is 0 Å². The van der Waals surface area contributed by atoms with Gasteiger partial charge in [0.2, 0.25) is 10.0 Å². The highest BCUT2D eigenvalue weighted by molar-refractivity contribution is 9.09. The van der Waals surface area contributed by atoms with E-state index in [4.69, 9.17) is 11.6 Å². The third kappa shape index (κ3) is 3.48. The number of hydrogen-bond donors (Lipinski definition) is 1. The summed E-state index contributed by atoms with van der Waals surface area (Å²) in [6.07, 6.45) is 3.79. The lowest BCUT2D eigenvalue weighted by Crippen LogP contribution is -2.37. The summed E-state index contributed by atoms with van der Waals surface area (Å²) in [7, 11) is -3.41. The molecule has 18 heavy (non-hydrogen) atoms. The highest BCUT2D eigenvalue weighted by Crippen LogP contribution is 2.31. The molecule has 0 saturated heterocycles. The minimum absolute atomic E-state index is 0.0463. The summed E-state index contributed by atoms with van der Waals surface area (Å²) in [6.45, 7) is 1.81. The van der Waals surface area contributed by atoms with E-state index >= 15 is 0 Å². The lowest BCUT2D eigenvalue weighted by molar-refractivity contribution is 0.423. The average molecular weight is 373 g/mol. The van der Waals surface area contributed by atoms with Crippen LogP contribution >= 0.6 is 38.9 Å². The van der Waals surface area contributed by atoms with Crippen LogP contribution in [0.2, 0.25) is 4.34 Å². The van der Waals surface area contributed by atoms with Gasteiger partial charge in [-0.2, -0.15) is 0 Å². The molecule has 1 heterocycles. The molecule has 7 heteroatoms. The van der Waals surface area contributed by atoms with E-state index in [1.807, 2.05) is 6.92 Å². The number of nitrogens with one attached hydrogen (secondary N) is 1. The maximum Gasteiger partial charge on any atom is 0.250 e. The summed E-state index contributed by atoms with van der Waals surface area (Å²) in [5, 5.41) is 0. The van der Waals surface area contributed by atoms with Gasteiger partial charge in [-0.15, -0.1) is 11.3 Å². The fourth-order valence-electron chi connectivity index (χ4n) is 2.01. The highest BCUT2D eigenvalue weighted by atomic mass is 79.9. The van der Waals surface area contributed by atoms with Crippen molar-refractivity contribution in [1.29, 1.82) is 0 Å². The molecule has 0 atom stereocenters. The summed E-state index contributed by atoms with van der Waals surface area (Å²) >= 11 is 10.6. The Morgan fingerprint density at radius 3 is 2.50 bits per heavy atom. The Kier molecular flexibility index (Phi) is 4.75. The zero-order valence-electron chi connectivity index (χ0n) is 9.95. The van der Waals surface area contributed by atoms with E-state index in [0.29, 0.717) is 13.4 Å². The lowest BCUT2D eigenvalue weighted by atomic mass is 9.96. The molecule has 1 saturated carbocycles. The second-order valence-corrected chi connectivity index (χ2v) is 9.48. The van der Waals surface area contributed by atoms with Gasteiger partial charge in [-0.3, -0.25) is 0 Å². The van der Waals surface area contributed by atoms with Crippen molar-refractivity contribution in [3.05, 3.63) is 16.0 Å². The molecule has 0 amide bonds. The second-order valence-electron chi connectivity index (χ2n) is 4.59. The van der Waals surface area contributed by atoms with Crippen LogP contribution in [-0.2, 0) is 10.0 Å². The molecule has 102 valence electrons. The van der Waals surface area contributed by atoms with Gasteiger partial charge in [0.1, 0.15) is 4.21 Å². The van der Waals surface area contributed by atoms with Crippen molar-refractivity contribution in [3.63, 3.8) is 0 Å². The van der Waals surface area contributed by atoms with Gasteiger partial charge in [-0.1, -0.05) is 27.5 Å². The van der Waals surface area contributed by atoms with E-state index in [-0.39, 0.29) is 6.04 Å². The van der Waals surface area contributed by atoms with Crippen molar-refractivity contribution < 1.29 is 8.42 Å². The van der Waals surface area contributed by atoms with E-state index in [2.05, 4.69) is 20.7 Å². The molecule has 3 nitrogen and oxygen atoms in total. The first-order valence-electron chi connectivity index (χ1n) is 5.81. The molecule has 1 aromatic heterocycles. The fourth-order valence-corrected chi connectivity index (χ4v) is 5.57. The second kappa shape index (κ2) is 5.79. The maximum atomic E-state index is 12.2. The summed E-state index contributed by atoms with van der Waals surface area (Å²) in [5.74, 6) is 0. The molecule has 1 aliphatic rings. The zero-order chi connectivity index (χ0) is 13.3. The van der Waals surface area contributed by atoms with Crippen LogP contribution in [0.1, 0.15) is 31.2 Å². The Labute approximate surface area is 125 Å². The first-order valence-corrected chi connectivity index (χ1v) is 9.40. The third-order valence-corrected chi connectivity index (χ3v) is 7.54. The van der Waals surface area contributed by atoms with Gasteiger partial charge in [-0.25, -0.2) is 13.1 Å². The van der Waals surface area contributed by atoms with E-state index in [9.17, 15) is 8.42 Å². The lowest BCUT2D eigenvalue weighted by Gasteiger charge is -2.25. The highest BCUT2D eigenvalue weighted by Gasteiger charge is 2.26. The van der Waals surface area contributed by atoms with Crippen LogP contribution in [0, 0.1) is 6.92 Å². The molecule has 0 aliphatic heterocycles. The fraction of sp³-hybridized carbons (Fsp3) is 0.636. The van der Waals surface area contributed by atoms with Crippen molar-refractivity contribution in [2.24, 2.45) is 0 Å². The molecule has 0 aromatic carbocycles. The number of aryl methyl sites for hydroxylation is 1. The number of hydrogen-bond acceptors (Lipinski definition) is 3. The van der Waals surface area contributed by atoms with Crippen LogP contribution in [0.15, 0.2) is 10.3 Å². The van der Waals surface area contributed by atoms with Gasteiger partial charge in [0.05, 0.1) is 4.34 Å². The van der Waals surface area contributed by atoms with E-state index in [1.54, 1.807) is 6.07 Å². The minimum Gasteiger partial charge on any atom is -0.207 e. The molecule has 1 N–H and O–H groups in total. The Hall–Kier alpha value is 0.380. The quantitative estimate of drug-likeness (QED) is 0.822. The number of alkyl halides is 1. The van der Waals surface area contributed by atoms with Gasteiger partial charge in [0, 0.05) is 10.9 Å². The normalized spacial score (nSPS) is 25.3. The van der Waals surface area contributed by atoms with Gasteiger partial charge >= 0.3 is 0 Å². The molecular formula is C11H15BrClNO2S2. The van der Waals surface area contributed by atoms with Crippen molar-refractivity contribution in [2.75, 3.05) is 0 Å². The standard InChI is InChI=1S/C11H15BrClNO2S2/c1-7-6-10(17-11(7)13)18(15,16)14-9-4-2-8(12)3-5-9/h6,8-9,14H,2-5H2,1H3. The number of rotatable bonds is 3. The van der Waals surface area contributed by atoms with Crippen molar-refractivity contribution >= 4 is 48.9 Å². The first kappa shape index (κ1) is 14.8. The average Bonchev–Trinajstić information content (AvgIpc) is 2.63. The smallest absolute Gasteiger partial charge is 0.207 e. The van der Waals surface area contributed by atoms with Crippen molar-refractivity contribution in [1.82, 2.24) is 4.72 Å². The van der Waals surface area contributed by atoms with Crippen LogP contribution in [-0.4, -0.2) is 19.3 Å². The predicted molar refractivity (Wildman–Crippen MR) is 79.4 cm³/mol. The zero-order valence-corrected chi connectivity index (χ0v) is 13.9. The van der Waals surface area contributed by atoms with E-state index in [1.165, 1.54) is 0 Å². The van der Waals surface area contributed by atoms with Crippen molar-refractivity contribution in [2.45, 2.75) is 47.7 Å². The van der Waals surface area contributed by atoms with Crippen LogP contribution in [0.4, 0.5) is 0 Å². The summed E-state index contributed by atoms with van der Waals surface area (Å²) in [6, 6.07) is 1.68. The molecular weight excluding hydrogens is 358 g/mol. The van der Waals surface area contributed by atoms with E-state index < -0.39 is 10.0 Å². The number of sulfonamides is 1. The SMILES string of the molecule is Cc1cc(S(=O)(=O)NC2CCC(Br)CC2)sc1Cl. The number of thiophene rings is 1. The Balaban J connectivity index is 2.08. The van der Waals surface area contributed by atoms with Gasteiger partial charge in [0.25, 0.3) is 0 Å². The largest absolute Gasteiger partial charge is 0.250 e. The molecule has 0 radical (unpaired) electrons. The molecule has 1 aromatic rings. The molecule has 0 spiro atoms. The third-order valence-electron chi connectivity index (χ3n) is 3.08. The first-order chi connectivity index (χ1) is 8.38. The van der Waals surface area contributed by atoms with Gasteiger partial charge < -0.3 is 0 Å². The predicted octanol–water partition coefficient (Wildman–Crippen LogP) is 3.69. The molecule has 0 bridgehead atoms. The maximum absolute atomic E-state index is 12.2. The van der Waals surface area contributed by atoms with Crippen LogP contribution in [0.5, 0.6) is 0 Å². The summed E-state index contributed by atoms with van der Waals surface area (Å²) in [4.78, 5) is 0.525. The molecule has 1 aliphatic carbocycles. The Bertz CT molecular complexity index is 502. The van der Waals surface area contributed by atoms with Crippen LogP contribution in [0.25, 0.3) is 0 Å². The number of halogens is 2. The summed E-state index contributed by atoms with van der Waals surface area (Å²) in [5.41, 5.74) is 0.811. The topological polar surface area (TPSA) is 46.2 Å². The summed E-state index contributed by atoms with van der Waals surface area (Å²) < 4.78 is 28.0. The van der Waals surface area contributed by atoms with Gasteiger partial charge in [-0.05, 0) is 44.2 Å². The van der Waals surface area contributed by atoms with Crippen LogP contribution in [0.3, 0.4) is 0 Å². The Morgan fingerprint density at radius 1 is 1.39 bits per heavy atom. The van der Waals surface area contributed by atoms with E-state index in [0.717, 1.165) is 42.6 Å². The molecule has 1 fully saturated rings. The van der Waals surface area contributed by atoms with Crippen LogP contribution < -0.4 is 4.72 Å². The Morgan fingerprint density at radius 2 is 2.00 bits per heavy atom. The monoisotopic (exact) mass is 371 g/mol. The minimum atomic E-state index is -3.41. The molecule has 0 unspecified atom stereocenters. The van der Waals surface area contributed by atoms with Gasteiger partial charge in [0.15, 0.2) is 0 Å².